The molecule has 0 unspecified atom stereocenters. The van der Waals surface area contributed by atoms with Gasteiger partial charge in [0.15, 0.2) is 0 Å². The van der Waals surface area contributed by atoms with Crippen molar-refractivity contribution in [3.8, 4) is 5.75 Å². The number of rotatable bonds is 11. The fourth-order valence-corrected chi connectivity index (χ4v) is 5.25. The van der Waals surface area contributed by atoms with Gasteiger partial charge in [-0.05, 0) is 54.7 Å². The number of carbonyl (C=O) groups is 2. The zero-order chi connectivity index (χ0) is 23.6. The van der Waals surface area contributed by atoms with Gasteiger partial charge in [-0.15, -0.1) is 11.8 Å². The molecule has 0 spiro atoms. The molecule has 1 aliphatic carbocycles. The van der Waals surface area contributed by atoms with Crippen LogP contribution in [0.1, 0.15) is 50.2 Å². The first-order chi connectivity index (χ1) is 16.0. The van der Waals surface area contributed by atoms with Crippen LogP contribution in [0.3, 0.4) is 0 Å². The molecule has 0 bridgehead atoms. The maximum absolute atomic E-state index is 13.3. The molecule has 33 heavy (non-hydrogen) atoms. The van der Waals surface area contributed by atoms with Crippen LogP contribution < -0.4 is 10.1 Å². The SMILES string of the molecule is CC[C@H](C(=O)NC1CCCC1)N(Cc1ccc(OC)cc1)C(=O)CSCc1cccc(Cl)c1. The van der Waals surface area contributed by atoms with Crippen molar-refractivity contribution in [2.24, 2.45) is 0 Å². The summed E-state index contributed by atoms with van der Waals surface area (Å²) in [5.74, 6) is 1.67. The van der Waals surface area contributed by atoms with Crippen molar-refractivity contribution in [2.45, 2.75) is 63.4 Å². The maximum atomic E-state index is 13.3. The first kappa shape index (κ1) is 25.4. The monoisotopic (exact) mass is 488 g/mol. The van der Waals surface area contributed by atoms with E-state index in [1.807, 2.05) is 55.5 Å². The van der Waals surface area contributed by atoms with Crippen LogP contribution in [-0.4, -0.2) is 41.7 Å². The predicted octanol–water partition coefficient (Wildman–Crippen LogP) is 5.45. The van der Waals surface area contributed by atoms with Crippen LogP contribution in [0.25, 0.3) is 0 Å². The minimum atomic E-state index is -0.494. The Bertz CT molecular complexity index is 916. The third-order valence-electron chi connectivity index (χ3n) is 5.98. The molecule has 1 aliphatic rings. The van der Waals surface area contributed by atoms with Gasteiger partial charge in [0.25, 0.3) is 0 Å². The summed E-state index contributed by atoms with van der Waals surface area (Å²) >= 11 is 7.61. The summed E-state index contributed by atoms with van der Waals surface area (Å²) in [5, 5.41) is 3.87. The number of hydrogen-bond acceptors (Lipinski definition) is 4. The lowest BCUT2D eigenvalue weighted by Gasteiger charge is -2.31. The van der Waals surface area contributed by atoms with Gasteiger partial charge in [-0.1, -0.05) is 55.6 Å². The van der Waals surface area contributed by atoms with Gasteiger partial charge in [0.05, 0.1) is 12.9 Å². The molecule has 0 heterocycles. The normalized spacial score (nSPS) is 14.6. The Balaban J connectivity index is 1.70. The van der Waals surface area contributed by atoms with Crippen molar-refractivity contribution in [3.05, 3.63) is 64.7 Å². The molecule has 0 aromatic heterocycles. The number of nitrogens with one attached hydrogen (secondary N) is 1. The fraction of sp³-hybridized carbons (Fsp3) is 0.462. The van der Waals surface area contributed by atoms with Crippen LogP contribution in [0.15, 0.2) is 48.5 Å². The van der Waals surface area contributed by atoms with Crippen molar-refractivity contribution in [3.63, 3.8) is 0 Å². The average Bonchev–Trinajstić information content (AvgIpc) is 3.32. The van der Waals surface area contributed by atoms with Gasteiger partial charge in [0, 0.05) is 23.4 Å². The molecular formula is C26H33ClN2O3S. The summed E-state index contributed by atoms with van der Waals surface area (Å²) in [5.41, 5.74) is 2.05. The Hall–Kier alpha value is -2.18. The minimum absolute atomic E-state index is 0.0359. The maximum Gasteiger partial charge on any atom is 0.243 e. The van der Waals surface area contributed by atoms with E-state index in [4.69, 9.17) is 16.3 Å². The van der Waals surface area contributed by atoms with Crippen molar-refractivity contribution in [1.82, 2.24) is 10.2 Å². The van der Waals surface area contributed by atoms with E-state index >= 15 is 0 Å². The van der Waals surface area contributed by atoms with E-state index in [1.54, 1.807) is 12.0 Å². The second-order valence-corrected chi connectivity index (χ2v) is 9.83. The van der Waals surface area contributed by atoms with E-state index < -0.39 is 6.04 Å². The van der Waals surface area contributed by atoms with E-state index in [1.165, 1.54) is 11.8 Å². The fourth-order valence-electron chi connectivity index (χ4n) is 4.18. The van der Waals surface area contributed by atoms with Gasteiger partial charge in [-0.25, -0.2) is 0 Å². The number of halogens is 1. The smallest absolute Gasteiger partial charge is 0.243 e. The highest BCUT2D eigenvalue weighted by Crippen LogP contribution is 2.22. The van der Waals surface area contributed by atoms with Gasteiger partial charge < -0.3 is 15.0 Å². The first-order valence-electron chi connectivity index (χ1n) is 11.5. The van der Waals surface area contributed by atoms with Gasteiger partial charge >= 0.3 is 0 Å². The van der Waals surface area contributed by atoms with E-state index in [-0.39, 0.29) is 17.9 Å². The quantitative estimate of drug-likeness (QED) is 0.457. The highest BCUT2D eigenvalue weighted by molar-refractivity contribution is 7.99. The summed E-state index contributed by atoms with van der Waals surface area (Å²) in [4.78, 5) is 28.2. The molecule has 0 aliphatic heterocycles. The third kappa shape index (κ3) is 7.68. The van der Waals surface area contributed by atoms with Crippen molar-refractivity contribution in [2.75, 3.05) is 12.9 Å². The largest absolute Gasteiger partial charge is 0.497 e. The standard InChI is InChI=1S/C26H33ClN2O3S/c1-3-24(26(31)28-22-9-4-5-10-22)29(16-19-11-13-23(32-2)14-12-19)25(30)18-33-17-20-7-6-8-21(27)15-20/h6-8,11-15,22,24H,3-5,9-10,16-18H2,1-2H3,(H,28,31)/t24-/m1/s1. The third-order valence-corrected chi connectivity index (χ3v) is 7.21. The average molecular weight is 489 g/mol. The molecule has 2 aromatic rings. The van der Waals surface area contributed by atoms with Crippen molar-refractivity contribution >= 4 is 35.2 Å². The molecule has 1 atom stereocenters. The predicted molar refractivity (Wildman–Crippen MR) is 136 cm³/mol. The van der Waals surface area contributed by atoms with E-state index in [9.17, 15) is 9.59 Å². The number of nitrogens with zero attached hydrogens (tertiary/aromatic N) is 1. The molecule has 1 fully saturated rings. The molecular weight excluding hydrogens is 456 g/mol. The minimum Gasteiger partial charge on any atom is -0.497 e. The molecule has 7 heteroatoms. The number of ether oxygens (including phenoxy) is 1. The van der Waals surface area contributed by atoms with Crippen LogP contribution in [0.2, 0.25) is 5.02 Å². The van der Waals surface area contributed by atoms with Crippen molar-refractivity contribution < 1.29 is 14.3 Å². The summed E-state index contributed by atoms with van der Waals surface area (Å²) in [6, 6.07) is 15.0. The van der Waals surface area contributed by atoms with Gasteiger partial charge in [-0.3, -0.25) is 9.59 Å². The second-order valence-electron chi connectivity index (χ2n) is 8.41. The lowest BCUT2D eigenvalue weighted by molar-refractivity contribution is -0.139. The Morgan fingerprint density at radius 2 is 1.88 bits per heavy atom. The number of thioether (sulfide) groups is 1. The number of hydrogen-bond donors (Lipinski definition) is 1. The summed E-state index contributed by atoms with van der Waals surface area (Å²) < 4.78 is 5.25. The van der Waals surface area contributed by atoms with Crippen LogP contribution >= 0.6 is 23.4 Å². The highest BCUT2D eigenvalue weighted by atomic mass is 35.5. The summed E-state index contributed by atoms with van der Waals surface area (Å²) in [7, 11) is 1.63. The molecule has 3 rings (SSSR count). The number of methoxy groups -OCH3 is 1. The zero-order valence-electron chi connectivity index (χ0n) is 19.4. The Morgan fingerprint density at radius 1 is 1.15 bits per heavy atom. The zero-order valence-corrected chi connectivity index (χ0v) is 21.0. The highest BCUT2D eigenvalue weighted by Gasteiger charge is 2.30. The van der Waals surface area contributed by atoms with E-state index in [0.717, 1.165) is 42.6 Å². The van der Waals surface area contributed by atoms with Crippen LogP contribution in [-0.2, 0) is 21.9 Å². The molecule has 178 valence electrons. The lowest BCUT2D eigenvalue weighted by atomic mass is 10.1. The van der Waals surface area contributed by atoms with Crippen molar-refractivity contribution in [1.29, 1.82) is 0 Å². The van der Waals surface area contributed by atoms with Gasteiger partial charge in [0.1, 0.15) is 11.8 Å². The lowest BCUT2D eigenvalue weighted by Crippen LogP contribution is -2.51. The molecule has 1 N–H and O–H groups in total. The second kappa shape index (κ2) is 12.9. The molecule has 2 amide bonds. The van der Waals surface area contributed by atoms with E-state index in [0.29, 0.717) is 29.5 Å². The van der Waals surface area contributed by atoms with Gasteiger partial charge in [-0.2, -0.15) is 0 Å². The topological polar surface area (TPSA) is 58.6 Å². The van der Waals surface area contributed by atoms with Gasteiger partial charge in [0.2, 0.25) is 11.8 Å². The number of amides is 2. The molecule has 1 saturated carbocycles. The molecule has 5 nitrogen and oxygen atoms in total. The molecule has 0 saturated heterocycles. The molecule has 2 aromatic carbocycles. The van der Waals surface area contributed by atoms with Crippen LogP contribution in [0.5, 0.6) is 5.75 Å². The van der Waals surface area contributed by atoms with Crippen LogP contribution in [0, 0.1) is 0 Å². The Labute approximate surface area is 206 Å². The van der Waals surface area contributed by atoms with Crippen LogP contribution in [0.4, 0.5) is 0 Å². The Kier molecular flexibility index (Phi) is 9.95. The Morgan fingerprint density at radius 3 is 2.52 bits per heavy atom. The number of carbonyl (C=O) groups excluding carboxylic acids is 2. The molecule has 0 radical (unpaired) electrons. The first-order valence-corrected chi connectivity index (χ1v) is 13.1. The summed E-state index contributed by atoms with van der Waals surface area (Å²) in [6.07, 6.45) is 4.90. The number of benzene rings is 2. The summed E-state index contributed by atoms with van der Waals surface area (Å²) in [6.45, 7) is 2.35. The van der Waals surface area contributed by atoms with E-state index in [2.05, 4.69) is 5.32 Å².